The van der Waals surface area contributed by atoms with Gasteiger partial charge in [0.25, 0.3) is 0 Å². The van der Waals surface area contributed by atoms with Gasteiger partial charge in [-0.2, -0.15) is 0 Å². The number of hydrogen-bond acceptors (Lipinski definition) is 6. The van der Waals surface area contributed by atoms with E-state index in [1.165, 1.54) is 12.0 Å². The minimum absolute atomic E-state index is 0.0518. The maximum atomic E-state index is 11.1. The first-order valence-corrected chi connectivity index (χ1v) is 6.60. The lowest BCUT2D eigenvalue weighted by Gasteiger charge is -2.05. The van der Waals surface area contributed by atoms with Crippen LogP contribution in [0.15, 0.2) is 6.07 Å². The summed E-state index contributed by atoms with van der Waals surface area (Å²) in [5.41, 5.74) is 0. The molecule has 0 bridgehead atoms. The summed E-state index contributed by atoms with van der Waals surface area (Å²) in [6.45, 7) is 2.12. The molecular formula is C11H12ClN3O2S. The monoisotopic (exact) mass is 285 g/mol. The van der Waals surface area contributed by atoms with E-state index in [0.29, 0.717) is 5.82 Å². The van der Waals surface area contributed by atoms with Crippen molar-refractivity contribution in [1.82, 2.24) is 9.97 Å². The number of methoxy groups -OCH3 is 1. The molecule has 2 aromatic heterocycles. The number of esters is 1. The van der Waals surface area contributed by atoms with Crippen molar-refractivity contribution in [2.24, 2.45) is 0 Å². The Morgan fingerprint density at radius 2 is 2.33 bits per heavy atom. The highest BCUT2D eigenvalue weighted by molar-refractivity contribution is 7.18. The number of halogens is 1. The van der Waals surface area contributed by atoms with Crippen LogP contribution in [0.25, 0.3) is 10.2 Å². The lowest BCUT2D eigenvalue weighted by atomic mass is 10.3. The molecule has 96 valence electrons. The number of aromatic nitrogens is 2. The van der Waals surface area contributed by atoms with Gasteiger partial charge in [0.05, 0.1) is 12.5 Å². The van der Waals surface area contributed by atoms with E-state index in [1.807, 2.05) is 6.07 Å². The molecule has 7 heteroatoms. The Morgan fingerprint density at radius 1 is 1.56 bits per heavy atom. The van der Waals surface area contributed by atoms with Crippen LogP contribution in [-0.2, 0) is 16.0 Å². The van der Waals surface area contributed by atoms with Crippen molar-refractivity contribution in [2.75, 3.05) is 19.0 Å². The van der Waals surface area contributed by atoms with Gasteiger partial charge in [0.2, 0.25) is 5.28 Å². The number of carbonyl (C=O) groups is 1. The Kier molecular flexibility index (Phi) is 3.98. The standard InChI is InChI=1S/C11H12ClN3O2S/c1-3-6-4-7-9(13-5-8(16)17-2)14-11(12)15-10(7)18-6/h4H,3,5H2,1-2H3,(H,13,14,15). The SMILES string of the molecule is CCc1cc2c(NCC(=O)OC)nc(Cl)nc2s1. The van der Waals surface area contributed by atoms with Gasteiger partial charge >= 0.3 is 5.97 Å². The average Bonchev–Trinajstić information content (AvgIpc) is 2.78. The number of rotatable bonds is 4. The Hall–Kier alpha value is -1.40. The van der Waals surface area contributed by atoms with Crippen LogP contribution in [-0.4, -0.2) is 29.6 Å². The second kappa shape index (κ2) is 5.49. The minimum Gasteiger partial charge on any atom is -0.468 e. The Morgan fingerprint density at radius 3 is 3.00 bits per heavy atom. The Balaban J connectivity index is 2.35. The first-order valence-electron chi connectivity index (χ1n) is 5.40. The Bertz CT molecular complexity index is 585. The van der Waals surface area contributed by atoms with E-state index in [0.717, 1.165) is 16.6 Å². The first-order chi connectivity index (χ1) is 8.63. The van der Waals surface area contributed by atoms with Crippen molar-refractivity contribution < 1.29 is 9.53 Å². The maximum Gasteiger partial charge on any atom is 0.325 e. The molecule has 0 atom stereocenters. The van der Waals surface area contributed by atoms with Crippen LogP contribution >= 0.6 is 22.9 Å². The third-order valence-corrected chi connectivity index (χ3v) is 3.74. The molecule has 1 N–H and O–H groups in total. The third-order valence-electron chi connectivity index (χ3n) is 2.39. The van der Waals surface area contributed by atoms with Crippen LogP contribution in [0.4, 0.5) is 5.82 Å². The summed E-state index contributed by atoms with van der Waals surface area (Å²) in [6.07, 6.45) is 0.926. The lowest BCUT2D eigenvalue weighted by molar-refractivity contribution is -0.138. The van der Waals surface area contributed by atoms with Gasteiger partial charge in [0.1, 0.15) is 17.2 Å². The highest BCUT2D eigenvalue weighted by atomic mass is 35.5. The summed E-state index contributed by atoms with van der Waals surface area (Å²) in [5, 5.41) is 3.96. The topological polar surface area (TPSA) is 64.1 Å². The fraction of sp³-hybridized carbons (Fsp3) is 0.364. The number of hydrogen-bond donors (Lipinski definition) is 1. The van der Waals surface area contributed by atoms with Crippen LogP contribution in [0, 0.1) is 0 Å². The van der Waals surface area contributed by atoms with Gasteiger partial charge in [0, 0.05) is 4.88 Å². The molecule has 0 spiro atoms. The van der Waals surface area contributed by atoms with E-state index in [9.17, 15) is 4.79 Å². The van der Waals surface area contributed by atoms with Crippen molar-refractivity contribution in [3.05, 3.63) is 16.2 Å². The molecule has 0 aliphatic heterocycles. The summed E-state index contributed by atoms with van der Waals surface area (Å²) < 4.78 is 4.57. The normalized spacial score (nSPS) is 10.6. The second-order valence-corrected chi connectivity index (χ2v) is 5.01. The quantitative estimate of drug-likeness (QED) is 0.691. The summed E-state index contributed by atoms with van der Waals surface area (Å²) in [7, 11) is 1.34. The van der Waals surface area contributed by atoms with Gasteiger partial charge in [-0.05, 0) is 24.1 Å². The molecule has 2 aromatic rings. The van der Waals surface area contributed by atoms with Crippen LogP contribution in [0.1, 0.15) is 11.8 Å². The molecule has 0 fully saturated rings. The fourth-order valence-electron chi connectivity index (χ4n) is 1.48. The number of nitrogens with one attached hydrogen (secondary N) is 1. The van der Waals surface area contributed by atoms with Crippen molar-refractivity contribution in [3.63, 3.8) is 0 Å². The summed E-state index contributed by atoms with van der Waals surface area (Å²) >= 11 is 7.43. The number of anilines is 1. The van der Waals surface area contributed by atoms with Crippen molar-refractivity contribution in [1.29, 1.82) is 0 Å². The summed E-state index contributed by atoms with van der Waals surface area (Å²) in [6, 6.07) is 2.01. The van der Waals surface area contributed by atoms with Crippen LogP contribution in [0.3, 0.4) is 0 Å². The molecule has 0 aliphatic carbocycles. The van der Waals surface area contributed by atoms with Gasteiger partial charge in [-0.15, -0.1) is 11.3 Å². The number of fused-ring (bicyclic) bond motifs is 1. The molecule has 18 heavy (non-hydrogen) atoms. The van der Waals surface area contributed by atoms with Gasteiger partial charge in [0.15, 0.2) is 0 Å². The zero-order valence-electron chi connectivity index (χ0n) is 9.99. The van der Waals surface area contributed by atoms with Gasteiger partial charge in [-0.1, -0.05) is 6.92 Å². The third kappa shape index (κ3) is 2.70. The average molecular weight is 286 g/mol. The minimum atomic E-state index is -0.358. The van der Waals surface area contributed by atoms with Gasteiger partial charge in [-0.25, -0.2) is 9.97 Å². The van der Waals surface area contributed by atoms with Gasteiger partial charge < -0.3 is 10.1 Å². The van der Waals surface area contributed by atoms with Crippen LogP contribution in [0.5, 0.6) is 0 Å². The highest BCUT2D eigenvalue weighted by Crippen LogP contribution is 2.30. The molecular weight excluding hydrogens is 274 g/mol. The predicted molar refractivity (Wildman–Crippen MR) is 72.3 cm³/mol. The van der Waals surface area contributed by atoms with Crippen LogP contribution in [0.2, 0.25) is 5.28 Å². The van der Waals surface area contributed by atoms with Crippen molar-refractivity contribution in [2.45, 2.75) is 13.3 Å². The predicted octanol–water partition coefficient (Wildman–Crippen LogP) is 2.49. The summed E-state index contributed by atoms with van der Waals surface area (Å²) in [4.78, 5) is 21.4. The van der Waals surface area contributed by atoms with E-state index in [-0.39, 0.29) is 17.8 Å². The van der Waals surface area contributed by atoms with E-state index >= 15 is 0 Å². The van der Waals surface area contributed by atoms with Gasteiger partial charge in [-0.3, -0.25) is 4.79 Å². The molecule has 0 aromatic carbocycles. The Labute approximate surface area is 113 Å². The number of thiophene rings is 1. The largest absolute Gasteiger partial charge is 0.468 e. The molecule has 2 heterocycles. The number of aryl methyl sites for hydroxylation is 1. The zero-order valence-corrected chi connectivity index (χ0v) is 11.6. The smallest absolute Gasteiger partial charge is 0.325 e. The molecule has 0 amide bonds. The molecule has 2 rings (SSSR count). The number of ether oxygens (including phenoxy) is 1. The second-order valence-electron chi connectivity index (χ2n) is 3.56. The molecule has 0 saturated heterocycles. The van der Waals surface area contributed by atoms with E-state index < -0.39 is 0 Å². The lowest BCUT2D eigenvalue weighted by Crippen LogP contribution is -2.15. The molecule has 5 nitrogen and oxygen atoms in total. The van der Waals surface area contributed by atoms with E-state index in [2.05, 4.69) is 26.9 Å². The van der Waals surface area contributed by atoms with E-state index in [4.69, 9.17) is 11.6 Å². The number of carbonyl (C=O) groups excluding carboxylic acids is 1. The fourth-order valence-corrected chi connectivity index (χ4v) is 2.67. The molecule has 0 aliphatic rings. The first kappa shape index (κ1) is 13.0. The maximum absolute atomic E-state index is 11.1. The zero-order chi connectivity index (χ0) is 13.1. The van der Waals surface area contributed by atoms with Crippen molar-refractivity contribution in [3.8, 4) is 0 Å². The van der Waals surface area contributed by atoms with Crippen LogP contribution < -0.4 is 5.32 Å². The van der Waals surface area contributed by atoms with Crippen molar-refractivity contribution >= 4 is 44.9 Å². The number of nitrogens with zero attached hydrogens (tertiary/aromatic N) is 2. The van der Waals surface area contributed by atoms with E-state index in [1.54, 1.807) is 11.3 Å². The molecule has 0 radical (unpaired) electrons. The summed E-state index contributed by atoms with van der Waals surface area (Å²) in [5.74, 6) is 0.204. The molecule has 0 saturated carbocycles. The highest BCUT2D eigenvalue weighted by Gasteiger charge is 2.11. The molecule has 0 unspecified atom stereocenters.